The number of aryl methyl sites for hydroxylation is 1. The topological polar surface area (TPSA) is 98.6 Å². The fourth-order valence-corrected chi connectivity index (χ4v) is 3.65. The number of fused-ring (bicyclic) bond motifs is 1. The lowest BCUT2D eigenvalue weighted by Crippen LogP contribution is -2.17. The maximum atomic E-state index is 12.1. The monoisotopic (exact) mass is 300 g/mol. The minimum atomic E-state index is -0.429. The predicted octanol–water partition coefficient (Wildman–Crippen LogP) is 1.83. The molecule has 0 spiro atoms. The summed E-state index contributed by atoms with van der Waals surface area (Å²) in [6.45, 7) is 0. The van der Waals surface area contributed by atoms with Crippen molar-refractivity contribution in [1.29, 1.82) is 5.26 Å². The van der Waals surface area contributed by atoms with Crippen molar-refractivity contribution in [3.05, 3.63) is 44.2 Å². The van der Waals surface area contributed by atoms with Crippen molar-refractivity contribution in [1.82, 2.24) is 10.2 Å². The maximum Gasteiger partial charge on any atom is 0.276 e. The molecule has 0 saturated heterocycles. The van der Waals surface area contributed by atoms with Crippen LogP contribution < -0.4 is 10.9 Å². The summed E-state index contributed by atoms with van der Waals surface area (Å²) >= 11 is 1.46. The van der Waals surface area contributed by atoms with E-state index in [-0.39, 0.29) is 11.3 Å². The lowest BCUT2D eigenvalue weighted by molar-refractivity contribution is 0.102. The van der Waals surface area contributed by atoms with Gasteiger partial charge < -0.3 is 5.32 Å². The van der Waals surface area contributed by atoms with E-state index in [4.69, 9.17) is 0 Å². The van der Waals surface area contributed by atoms with Crippen molar-refractivity contribution in [2.24, 2.45) is 0 Å². The quantitative estimate of drug-likeness (QED) is 0.884. The summed E-state index contributed by atoms with van der Waals surface area (Å²) in [6.07, 6.45) is 4.05. The van der Waals surface area contributed by atoms with E-state index in [0.29, 0.717) is 10.6 Å². The van der Waals surface area contributed by atoms with Gasteiger partial charge in [0, 0.05) is 10.9 Å². The van der Waals surface area contributed by atoms with Crippen LogP contribution in [0.15, 0.2) is 16.9 Å². The van der Waals surface area contributed by atoms with Crippen molar-refractivity contribution in [2.45, 2.75) is 25.7 Å². The molecule has 0 aliphatic heterocycles. The predicted molar refractivity (Wildman–Crippen MR) is 78.5 cm³/mol. The van der Waals surface area contributed by atoms with Gasteiger partial charge >= 0.3 is 0 Å². The second-order valence-corrected chi connectivity index (χ2v) is 5.89. The molecule has 2 N–H and O–H groups in total. The molecule has 0 aromatic carbocycles. The van der Waals surface area contributed by atoms with Crippen molar-refractivity contribution >= 4 is 22.2 Å². The van der Waals surface area contributed by atoms with Gasteiger partial charge in [0.1, 0.15) is 16.8 Å². The third kappa shape index (κ3) is 2.58. The summed E-state index contributed by atoms with van der Waals surface area (Å²) in [6, 6.07) is 4.78. The van der Waals surface area contributed by atoms with Crippen LogP contribution in [0, 0.1) is 11.3 Å². The Balaban J connectivity index is 1.90. The molecule has 0 saturated carbocycles. The molecule has 0 atom stereocenters. The number of aromatic amines is 1. The molecule has 0 unspecified atom stereocenters. The number of nitrogens with zero attached hydrogens (tertiary/aromatic N) is 2. The standard InChI is InChI=1S/C14H12N4O2S/c15-7-9-8-3-1-2-4-11(8)21-14(9)16-13(20)10-5-6-12(19)18-17-10/h5-6H,1-4H2,(H,16,20)(H,18,19). The Morgan fingerprint density at radius 1 is 1.38 bits per heavy atom. The van der Waals surface area contributed by atoms with E-state index in [1.54, 1.807) is 0 Å². The Labute approximate surface area is 124 Å². The number of aromatic nitrogens is 2. The number of carbonyl (C=O) groups is 1. The molecule has 0 bridgehead atoms. The van der Waals surface area contributed by atoms with Crippen molar-refractivity contribution < 1.29 is 4.79 Å². The van der Waals surface area contributed by atoms with Gasteiger partial charge in [0.2, 0.25) is 0 Å². The molecule has 6 nitrogen and oxygen atoms in total. The summed E-state index contributed by atoms with van der Waals surface area (Å²) in [4.78, 5) is 24.2. The van der Waals surface area contributed by atoms with Crippen LogP contribution in [0.1, 0.15) is 39.3 Å². The largest absolute Gasteiger partial charge is 0.311 e. The van der Waals surface area contributed by atoms with Crippen molar-refractivity contribution in [2.75, 3.05) is 5.32 Å². The lowest BCUT2D eigenvalue weighted by Gasteiger charge is -2.09. The van der Waals surface area contributed by atoms with Crippen LogP contribution in [-0.2, 0) is 12.8 Å². The molecule has 21 heavy (non-hydrogen) atoms. The highest BCUT2D eigenvalue weighted by Crippen LogP contribution is 2.37. The molecule has 2 aromatic heterocycles. The number of hydrogen-bond donors (Lipinski definition) is 2. The second-order valence-electron chi connectivity index (χ2n) is 4.79. The summed E-state index contributed by atoms with van der Waals surface area (Å²) in [5, 5.41) is 18.5. The van der Waals surface area contributed by atoms with Crippen molar-refractivity contribution in [3.63, 3.8) is 0 Å². The van der Waals surface area contributed by atoms with Crippen LogP contribution in [0.4, 0.5) is 5.00 Å². The van der Waals surface area contributed by atoms with Gasteiger partial charge in [-0.15, -0.1) is 11.3 Å². The van der Waals surface area contributed by atoms with E-state index in [9.17, 15) is 14.9 Å². The minimum absolute atomic E-state index is 0.116. The van der Waals surface area contributed by atoms with E-state index >= 15 is 0 Å². The Bertz CT molecular complexity index is 780. The van der Waals surface area contributed by atoms with Gasteiger partial charge in [0.25, 0.3) is 11.5 Å². The SMILES string of the molecule is N#Cc1c(NC(=O)c2ccc(=O)[nH]n2)sc2c1CCCC2. The van der Waals surface area contributed by atoms with E-state index in [0.717, 1.165) is 31.2 Å². The first kappa shape index (κ1) is 13.5. The Morgan fingerprint density at radius 2 is 2.19 bits per heavy atom. The van der Waals surface area contributed by atoms with Crippen molar-refractivity contribution in [3.8, 4) is 6.07 Å². The zero-order valence-corrected chi connectivity index (χ0v) is 11.9. The summed E-state index contributed by atoms with van der Waals surface area (Å²) < 4.78 is 0. The van der Waals surface area contributed by atoms with E-state index < -0.39 is 5.91 Å². The molecule has 1 aliphatic carbocycles. The van der Waals surface area contributed by atoms with Gasteiger partial charge in [0.05, 0.1) is 5.56 Å². The molecule has 2 heterocycles. The number of nitriles is 1. The van der Waals surface area contributed by atoms with Crippen LogP contribution >= 0.6 is 11.3 Å². The zero-order valence-electron chi connectivity index (χ0n) is 11.1. The average molecular weight is 300 g/mol. The first-order chi connectivity index (χ1) is 10.2. The first-order valence-electron chi connectivity index (χ1n) is 6.61. The minimum Gasteiger partial charge on any atom is -0.311 e. The maximum absolute atomic E-state index is 12.1. The van der Waals surface area contributed by atoms with Crippen LogP contribution in [0.5, 0.6) is 0 Å². The van der Waals surface area contributed by atoms with Crippen LogP contribution in [0.2, 0.25) is 0 Å². The lowest BCUT2D eigenvalue weighted by atomic mass is 9.96. The molecule has 1 aliphatic rings. The number of carbonyl (C=O) groups excluding carboxylic acids is 1. The summed E-state index contributed by atoms with van der Waals surface area (Å²) in [5.41, 5.74) is 1.38. The number of hydrogen-bond acceptors (Lipinski definition) is 5. The average Bonchev–Trinajstić information content (AvgIpc) is 2.84. The third-order valence-electron chi connectivity index (χ3n) is 3.42. The number of H-pyrrole nitrogens is 1. The number of amides is 1. The van der Waals surface area contributed by atoms with Gasteiger partial charge in [-0.05, 0) is 37.3 Å². The summed E-state index contributed by atoms with van der Waals surface area (Å²) in [5.74, 6) is -0.429. The van der Waals surface area contributed by atoms with E-state index in [2.05, 4.69) is 21.6 Å². The van der Waals surface area contributed by atoms with E-state index in [1.165, 1.54) is 28.3 Å². The summed E-state index contributed by atoms with van der Waals surface area (Å²) in [7, 11) is 0. The molecular formula is C14H12N4O2S. The van der Waals surface area contributed by atoms with Gasteiger partial charge in [-0.3, -0.25) is 9.59 Å². The van der Waals surface area contributed by atoms with Crippen LogP contribution in [0.3, 0.4) is 0 Å². The highest BCUT2D eigenvalue weighted by atomic mass is 32.1. The number of anilines is 1. The Kier molecular flexibility index (Phi) is 3.54. The first-order valence-corrected chi connectivity index (χ1v) is 7.42. The number of nitrogens with one attached hydrogen (secondary N) is 2. The Hall–Kier alpha value is -2.46. The second kappa shape index (κ2) is 5.50. The molecule has 2 aromatic rings. The molecule has 1 amide bonds. The zero-order chi connectivity index (χ0) is 14.8. The van der Waals surface area contributed by atoms with Crippen LogP contribution in [0.25, 0.3) is 0 Å². The molecule has 106 valence electrons. The molecular weight excluding hydrogens is 288 g/mol. The molecule has 0 fully saturated rings. The smallest absolute Gasteiger partial charge is 0.276 e. The molecule has 0 radical (unpaired) electrons. The van der Waals surface area contributed by atoms with E-state index in [1.807, 2.05) is 0 Å². The fourth-order valence-electron chi connectivity index (χ4n) is 2.41. The highest BCUT2D eigenvalue weighted by molar-refractivity contribution is 7.16. The Morgan fingerprint density at radius 3 is 2.90 bits per heavy atom. The van der Waals surface area contributed by atoms with Gasteiger partial charge in [-0.25, -0.2) is 5.10 Å². The number of thiophene rings is 1. The van der Waals surface area contributed by atoms with Gasteiger partial charge in [-0.1, -0.05) is 0 Å². The third-order valence-corrected chi connectivity index (χ3v) is 4.63. The highest BCUT2D eigenvalue weighted by Gasteiger charge is 2.22. The van der Waals surface area contributed by atoms with Gasteiger partial charge in [0.15, 0.2) is 0 Å². The number of rotatable bonds is 2. The fraction of sp³-hybridized carbons (Fsp3) is 0.286. The van der Waals surface area contributed by atoms with Gasteiger partial charge in [-0.2, -0.15) is 10.4 Å². The normalized spacial score (nSPS) is 13.3. The molecule has 7 heteroatoms. The molecule has 3 rings (SSSR count). The van der Waals surface area contributed by atoms with Crippen LogP contribution in [-0.4, -0.2) is 16.1 Å².